The number of ether oxygens (including phenoxy) is 1. The highest BCUT2D eigenvalue weighted by Crippen LogP contribution is 2.20. The van der Waals surface area contributed by atoms with Crippen molar-refractivity contribution < 1.29 is 9.53 Å². The van der Waals surface area contributed by atoms with E-state index in [1.807, 2.05) is 18.2 Å². The number of aryl methyl sites for hydroxylation is 1. The van der Waals surface area contributed by atoms with Crippen molar-refractivity contribution in [3.8, 4) is 5.75 Å². The molecule has 3 heteroatoms. The molecule has 0 bridgehead atoms. The SMILES string of the molecule is COc1ccc2c(c1)CNC(=O)CC2. The second kappa shape index (κ2) is 3.70. The number of rotatable bonds is 1. The summed E-state index contributed by atoms with van der Waals surface area (Å²) in [5, 5.41) is 2.86. The van der Waals surface area contributed by atoms with Gasteiger partial charge in [0.1, 0.15) is 5.75 Å². The summed E-state index contributed by atoms with van der Waals surface area (Å²) in [6.07, 6.45) is 1.41. The van der Waals surface area contributed by atoms with Crippen LogP contribution in [0.3, 0.4) is 0 Å². The van der Waals surface area contributed by atoms with E-state index in [2.05, 4.69) is 5.32 Å². The summed E-state index contributed by atoms with van der Waals surface area (Å²) in [6.45, 7) is 0.616. The maximum atomic E-state index is 11.2. The molecule has 2 rings (SSSR count). The van der Waals surface area contributed by atoms with E-state index in [-0.39, 0.29) is 5.91 Å². The topological polar surface area (TPSA) is 38.3 Å². The Morgan fingerprint density at radius 1 is 1.29 bits per heavy atom. The van der Waals surface area contributed by atoms with Crippen LogP contribution in [0.25, 0.3) is 0 Å². The van der Waals surface area contributed by atoms with Gasteiger partial charge in [-0.1, -0.05) is 6.07 Å². The predicted molar refractivity (Wildman–Crippen MR) is 53.2 cm³/mol. The van der Waals surface area contributed by atoms with Crippen LogP contribution in [-0.4, -0.2) is 13.0 Å². The van der Waals surface area contributed by atoms with Crippen LogP contribution >= 0.6 is 0 Å². The molecule has 0 unspecified atom stereocenters. The molecular formula is C11H13NO2. The second-order valence-corrected chi connectivity index (χ2v) is 3.41. The van der Waals surface area contributed by atoms with E-state index in [0.29, 0.717) is 13.0 Å². The van der Waals surface area contributed by atoms with Crippen LogP contribution in [0.4, 0.5) is 0 Å². The number of nitrogens with one attached hydrogen (secondary N) is 1. The lowest BCUT2D eigenvalue weighted by Gasteiger charge is -2.07. The number of hydrogen-bond acceptors (Lipinski definition) is 2. The van der Waals surface area contributed by atoms with Crippen molar-refractivity contribution in [2.75, 3.05) is 7.11 Å². The normalized spacial score (nSPS) is 15.4. The Hall–Kier alpha value is -1.51. The summed E-state index contributed by atoms with van der Waals surface area (Å²) in [5.74, 6) is 0.972. The van der Waals surface area contributed by atoms with Crippen molar-refractivity contribution in [3.05, 3.63) is 29.3 Å². The molecule has 1 heterocycles. The molecule has 1 N–H and O–H groups in total. The van der Waals surface area contributed by atoms with E-state index in [1.54, 1.807) is 7.11 Å². The van der Waals surface area contributed by atoms with Gasteiger partial charge in [-0.15, -0.1) is 0 Å². The first-order valence-electron chi connectivity index (χ1n) is 4.72. The number of methoxy groups -OCH3 is 1. The molecule has 0 fully saturated rings. The van der Waals surface area contributed by atoms with E-state index >= 15 is 0 Å². The van der Waals surface area contributed by atoms with Crippen LogP contribution in [0.15, 0.2) is 18.2 Å². The van der Waals surface area contributed by atoms with Gasteiger partial charge >= 0.3 is 0 Å². The maximum Gasteiger partial charge on any atom is 0.220 e. The summed E-state index contributed by atoms with van der Waals surface area (Å²) in [6, 6.07) is 5.96. The molecule has 0 spiro atoms. The van der Waals surface area contributed by atoms with E-state index in [1.165, 1.54) is 5.56 Å². The van der Waals surface area contributed by atoms with Crippen LogP contribution in [0.5, 0.6) is 5.75 Å². The summed E-state index contributed by atoms with van der Waals surface area (Å²) in [7, 11) is 1.65. The van der Waals surface area contributed by atoms with Gasteiger partial charge in [-0.3, -0.25) is 4.79 Å². The lowest BCUT2D eigenvalue weighted by atomic mass is 10.0. The van der Waals surface area contributed by atoms with Crippen LogP contribution < -0.4 is 10.1 Å². The molecule has 0 saturated heterocycles. The summed E-state index contributed by atoms with van der Waals surface area (Å²) in [4.78, 5) is 11.2. The molecular weight excluding hydrogens is 178 g/mol. The maximum absolute atomic E-state index is 11.2. The van der Waals surface area contributed by atoms with E-state index in [4.69, 9.17) is 4.74 Å². The highest BCUT2D eigenvalue weighted by atomic mass is 16.5. The third-order valence-electron chi connectivity index (χ3n) is 2.51. The number of carbonyl (C=O) groups excluding carboxylic acids is 1. The molecule has 1 aromatic carbocycles. The summed E-state index contributed by atoms with van der Waals surface area (Å²) >= 11 is 0. The Labute approximate surface area is 83.1 Å². The second-order valence-electron chi connectivity index (χ2n) is 3.41. The van der Waals surface area contributed by atoms with Crippen LogP contribution in [0.1, 0.15) is 17.5 Å². The van der Waals surface area contributed by atoms with E-state index in [0.717, 1.165) is 17.7 Å². The third-order valence-corrected chi connectivity index (χ3v) is 2.51. The molecule has 1 aliphatic heterocycles. The molecule has 14 heavy (non-hydrogen) atoms. The van der Waals surface area contributed by atoms with Gasteiger partial charge in [0, 0.05) is 13.0 Å². The van der Waals surface area contributed by atoms with Crippen molar-refractivity contribution in [1.82, 2.24) is 5.32 Å². The largest absolute Gasteiger partial charge is 0.497 e. The quantitative estimate of drug-likeness (QED) is 0.725. The Morgan fingerprint density at radius 2 is 2.14 bits per heavy atom. The summed E-state index contributed by atoms with van der Waals surface area (Å²) in [5.41, 5.74) is 2.40. The molecule has 0 aliphatic carbocycles. The van der Waals surface area contributed by atoms with Crippen molar-refractivity contribution in [2.45, 2.75) is 19.4 Å². The molecule has 0 atom stereocenters. The Morgan fingerprint density at radius 3 is 2.93 bits per heavy atom. The molecule has 1 amide bonds. The highest BCUT2D eigenvalue weighted by molar-refractivity contribution is 5.77. The molecule has 1 aliphatic rings. The van der Waals surface area contributed by atoms with E-state index < -0.39 is 0 Å². The number of fused-ring (bicyclic) bond motifs is 1. The minimum atomic E-state index is 0.125. The molecule has 1 aromatic rings. The van der Waals surface area contributed by atoms with Gasteiger partial charge in [-0.05, 0) is 29.7 Å². The Bertz CT molecular complexity index is 360. The minimum absolute atomic E-state index is 0.125. The fraction of sp³-hybridized carbons (Fsp3) is 0.364. The number of carbonyl (C=O) groups is 1. The van der Waals surface area contributed by atoms with Crippen molar-refractivity contribution in [2.24, 2.45) is 0 Å². The zero-order valence-corrected chi connectivity index (χ0v) is 8.17. The average molecular weight is 191 g/mol. The highest BCUT2D eigenvalue weighted by Gasteiger charge is 2.12. The van der Waals surface area contributed by atoms with Gasteiger partial charge in [0.2, 0.25) is 5.91 Å². The Kier molecular flexibility index (Phi) is 2.39. The minimum Gasteiger partial charge on any atom is -0.497 e. The fourth-order valence-electron chi connectivity index (χ4n) is 1.67. The molecule has 3 nitrogen and oxygen atoms in total. The number of benzene rings is 1. The van der Waals surface area contributed by atoms with Gasteiger partial charge in [0.15, 0.2) is 0 Å². The van der Waals surface area contributed by atoms with Gasteiger partial charge in [0.05, 0.1) is 7.11 Å². The zero-order valence-electron chi connectivity index (χ0n) is 8.17. The Balaban J connectivity index is 2.31. The third kappa shape index (κ3) is 1.71. The fourth-order valence-corrected chi connectivity index (χ4v) is 1.67. The molecule has 0 aromatic heterocycles. The lowest BCUT2D eigenvalue weighted by Crippen LogP contribution is -2.20. The van der Waals surface area contributed by atoms with Crippen LogP contribution in [-0.2, 0) is 17.8 Å². The zero-order chi connectivity index (χ0) is 9.97. The van der Waals surface area contributed by atoms with E-state index in [9.17, 15) is 4.79 Å². The number of hydrogen-bond donors (Lipinski definition) is 1. The van der Waals surface area contributed by atoms with Gasteiger partial charge < -0.3 is 10.1 Å². The van der Waals surface area contributed by atoms with Crippen molar-refractivity contribution in [1.29, 1.82) is 0 Å². The monoisotopic (exact) mass is 191 g/mol. The lowest BCUT2D eigenvalue weighted by molar-refractivity contribution is -0.121. The first-order chi connectivity index (χ1) is 6.79. The standard InChI is InChI=1S/C11H13NO2/c1-14-10-4-2-8-3-5-11(13)12-7-9(8)6-10/h2,4,6H,3,5,7H2,1H3,(H,12,13). The van der Waals surface area contributed by atoms with Crippen molar-refractivity contribution in [3.63, 3.8) is 0 Å². The average Bonchev–Trinajstić information content (AvgIpc) is 2.40. The predicted octanol–water partition coefficient (Wildman–Crippen LogP) is 1.26. The van der Waals surface area contributed by atoms with Gasteiger partial charge in [-0.25, -0.2) is 0 Å². The molecule has 0 radical (unpaired) electrons. The van der Waals surface area contributed by atoms with Crippen LogP contribution in [0, 0.1) is 0 Å². The molecule has 0 saturated carbocycles. The van der Waals surface area contributed by atoms with Crippen molar-refractivity contribution >= 4 is 5.91 Å². The first-order valence-corrected chi connectivity index (χ1v) is 4.72. The first kappa shape index (κ1) is 9.06. The summed E-state index contributed by atoms with van der Waals surface area (Å²) < 4.78 is 5.14. The number of amides is 1. The smallest absolute Gasteiger partial charge is 0.220 e. The van der Waals surface area contributed by atoms with Gasteiger partial charge in [0.25, 0.3) is 0 Å². The molecule has 74 valence electrons. The van der Waals surface area contributed by atoms with Gasteiger partial charge in [-0.2, -0.15) is 0 Å². The van der Waals surface area contributed by atoms with Crippen LogP contribution in [0.2, 0.25) is 0 Å².